The van der Waals surface area contributed by atoms with E-state index in [4.69, 9.17) is 0 Å². The Balaban J connectivity index is 1.87. The third kappa shape index (κ3) is 7.83. The van der Waals surface area contributed by atoms with Crippen molar-refractivity contribution in [1.82, 2.24) is 5.32 Å². The fourth-order valence-corrected chi connectivity index (χ4v) is 4.55. The van der Waals surface area contributed by atoms with Crippen LogP contribution in [-0.4, -0.2) is 44.3 Å². The van der Waals surface area contributed by atoms with Crippen LogP contribution in [-0.2, 0) is 20.6 Å². The van der Waals surface area contributed by atoms with Gasteiger partial charge in [-0.3, -0.25) is 19.2 Å². The van der Waals surface area contributed by atoms with Crippen LogP contribution in [0.2, 0.25) is 0 Å². The van der Waals surface area contributed by atoms with Gasteiger partial charge >= 0.3 is 0 Å². The molecule has 0 spiro atoms. The van der Waals surface area contributed by atoms with E-state index < -0.39 is 27.4 Å². The third-order valence-electron chi connectivity index (χ3n) is 4.33. The van der Waals surface area contributed by atoms with Crippen LogP contribution < -0.4 is 9.62 Å². The topological polar surface area (TPSA) is 110 Å². The van der Waals surface area contributed by atoms with Gasteiger partial charge in [-0.05, 0) is 42.4 Å². The van der Waals surface area contributed by atoms with Crippen LogP contribution in [0.4, 0.5) is 15.8 Å². The van der Waals surface area contributed by atoms with E-state index in [9.17, 15) is 27.7 Å². The number of nitrogens with one attached hydrogen (secondary N) is 1. The number of anilines is 1. The molecule has 0 aliphatic carbocycles. The minimum atomic E-state index is -3.83. The summed E-state index contributed by atoms with van der Waals surface area (Å²) in [7, 11) is -3.83. The number of hydrogen-bond donors (Lipinski definition) is 1. The van der Waals surface area contributed by atoms with Crippen molar-refractivity contribution in [2.24, 2.45) is 0 Å². The smallest absolute Gasteiger partial charge is 0.271 e. The van der Waals surface area contributed by atoms with Crippen molar-refractivity contribution in [1.29, 1.82) is 0 Å². The van der Waals surface area contributed by atoms with Gasteiger partial charge in [0.15, 0.2) is 0 Å². The number of non-ortho nitro benzene ring substituents is 1. The van der Waals surface area contributed by atoms with Gasteiger partial charge in [-0.15, -0.1) is 0 Å². The molecule has 0 saturated carbocycles. The maximum atomic E-state index is 12.9. The van der Waals surface area contributed by atoms with Gasteiger partial charge in [-0.25, -0.2) is 12.8 Å². The number of nitro groups is 1. The Bertz CT molecular complexity index is 1030. The molecular formula is C20H24FN3O5S2. The molecule has 0 aliphatic rings. The highest BCUT2D eigenvalue weighted by molar-refractivity contribution is 7.98. The molecule has 31 heavy (non-hydrogen) atoms. The monoisotopic (exact) mass is 469 g/mol. The fraction of sp³-hybridized carbons (Fsp3) is 0.350. The Labute approximate surface area is 185 Å². The molecule has 0 unspecified atom stereocenters. The first kappa shape index (κ1) is 24.6. The number of hydrogen-bond acceptors (Lipinski definition) is 6. The molecular weight excluding hydrogens is 445 g/mol. The number of sulfonamides is 1. The van der Waals surface area contributed by atoms with Crippen LogP contribution in [0, 0.1) is 22.9 Å². The second kappa shape index (κ2) is 11.1. The van der Waals surface area contributed by atoms with Crippen LogP contribution in [0.5, 0.6) is 0 Å². The van der Waals surface area contributed by atoms with Crippen molar-refractivity contribution in [2.45, 2.75) is 19.1 Å². The Morgan fingerprint density at radius 2 is 1.90 bits per heavy atom. The van der Waals surface area contributed by atoms with Gasteiger partial charge in [0.2, 0.25) is 15.9 Å². The number of carbonyl (C=O) groups excluding carboxylic acids is 1. The number of amides is 1. The van der Waals surface area contributed by atoms with Gasteiger partial charge in [-0.1, -0.05) is 18.2 Å². The first-order chi connectivity index (χ1) is 14.6. The number of carbonyl (C=O) groups is 1. The summed E-state index contributed by atoms with van der Waals surface area (Å²) in [5.74, 6) is 0.708. The van der Waals surface area contributed by atoms with E-state index in [1.165, 1.54) is 24.3 Å². The molecule has 0 atom stereocenters. The molecule has 2 aromatic carbocycles. The number of nitro benzene ring substituents is 1. The lowest BCUT2D eigenvalue weighted by atomic mass is 10.2. The summed E-state index contributed by atoms with van der Waals surface area (Å²) in [4.78, 5) is 22.7. The molecule has 2 rings (SSSR count). The van der Waals surface area contributed by atoms with Crippen LogP contribution in [0.3, 0.4) is 0 Å². The van der Waals surface area contributed by atoms with E-state index in [0.29, 0.717) is 18.5 Å². The van der Waals surface area contributed by atoms with E-state index in [1.807, 2.05) is 0 Å². The molecule has 0 radical (unpaired) electrons. The molecule has 0 bridgehead atoms. The summed E-state index contributed by atoms with van der Waals surface area (Å²) in [5, 5.41) is 13.7. The molecule has 8 nitrogen and oxygen atoms in total. The molecule has 0 saturated heterocycles. The lowest BCUT2D eigenvalue weighted by molar-refractivity contribution is -0.384. The minimum absolute atomic E-state index is 0.0988. The van der Waals surface area contributed by atoms with Crippen LogP contribution in [0.1, 0.15) is 17.5 Å². The Hall–Kier alpha value is -2.66. The largest absolute Gasteiger partial charge is 0.354 e. The summed E-state index contributed by atoms with van der Waals surface area (Å²) in [5.41, 5.74) is 1.35. The van der Waals surface area contributed by atoms with Crippen LogP contribution in [0.25, 0.3) is 0 Å². The van der Waals surface area contributed by atoms with E-state index >= 15 is 0 Å². The highest BCUT2D eigenvalue weighted by Crippen LogP contribution is 2.27. The number of aryl methyl sites for hydroxylation is 1. The highest BCUT2D eigenvalue weighted by Gasteiger charge is 2.24. The van der Waals surface area contributed by atoms with Crippen molar-refractivity contribution in [2.75, 3.05) is 29.4 Å². The Morgan fingerprint density at radius 1 is 1.23 bits per heavy atom. The quantitative estimate of drug-likeness (QED) is 0.307. The molecule has 11 heteroatoms. The summed E-state index contributed by atoms with van der Waals surface area (Å²) < 4.78 is 38.2. The highest BCUT2D eigenvalue weighted by atomic mass is 32.2. The number of nitrogens with zero attached hydrogens (tertiary/aromatic N) is 2. The minimum Gasteiger partial charge on any atom is -0.354 e. The van der Waals surface area contributed by atoms with Crippen molar-refractivity contribution in [3.05, 3.63) is 69.5 Å². The first-order valence-electron chi connectivity index (χ1n) is 9.39. The zero-order valence-electron chi connectivity index (χ0n) is 17.2. The molecule has 0 heterocycles. The van der Waals surface area contributed by atoms with Crippen molar-refractivity contribution >= 4 is 39.1 Å². The average Bonchev–Trinajstić information content (AvgIpc) is 2.69. The van der Waals surface area contributed by atoms with Crippen LogP contribution >= 0.6 is 11.8 Å². The molecule has 1 amide bonds. The SMILES string of the molecule is Cc1ccc([N+](=O)[O-])cc1N(CC(=O)NCCCSCc1ccc(F)cc1)S(C)(=O)=O. The first-order valence-corrected chi connectivity index (χ1v) is 12.4. The number of rotatable bonds is 11. The Morgan fingerprint density at radius 3 is 2.52 bits per heavy atom. The van der Waals surface area contributed by atoms with Gasteiger partial charge in [0.25, 0.3) is 5.69 Å². The van der Waals surface area contributed by atoms with E-state index in [-0.39, 0.29) is 17.2 Å². The summed E-state index contributed by atoms with van der Waals surface area (Å²) >= 11 is 1.64. The lowest BCUT2D eigenvalue weighted by Gasteiger charge is -2.23. The van der Waals surface area contributed by atoms with Gasteiger partial charge in [-0.2, -0.15) is 11.8 Å². The average molecular weight is 470 g/mol. The van der Waals surface area contributed by atoms with Crippen molar-refractivity contribution in [3.8, 4) is 0 Å². The summed E-state index contributed by atoms with van der Waals surface area (Å²) in [6.45, 7) is 1.51. The predicted octanol–water partition coefficient (Wildman–Crippen LogP) is 3.25. The zero-order chi connectivity index (χ0) is 23.0. The molecule has 168 valence electrons. The maximum absolute atomic E-state index is 12.9. The molecule has 0 fully saturated rings. The standard InChI is InChI=1S/C20H24FN3O5S2/c1-15-4-9-18(24(26)27)12-19(15)23(31(2,28)29)13-20(25)22-10-3-11-30-14-16-5-7-17(21)8-6-16/h4-9,12H,3,10-11,13-14H2,1-2H3,(H,22,25). The fourth-order valence-electron chi connectivity index (χ4n) is 2.72. The van der Waals surface area contributed by atoms with Gasteiger partial charge in [0.05, 0.1) is 16.9 Å². The summed E-state index contributed by atoms with van der Waals surface area (Å²) in [6, 6.07) is 10.1. The van der Waals surface area contributed by atoms with Crippen molar-refractivity contribution in [3.63, 3.8) is 0 Å². The normalized spacial score (nSPS) is 11.2. The molecule has 1 N–H and O–H groups in total. The molecule has 2 aromatic rings. The number of benzene rings is 2. The van der Waals surface area contributed by atoms with Crippen LogP contribution in [0.15, 0.2) is 42.5 Å². The van der Waals surface area contributed by atoms with Gasteiger partial charge < -0.3 is 5.32 Å². The van der Waals surface area contributed by atoms with E-state index in [1.54, 1.807) is 30.8 Å². The third-order valence-corrected chi connectivity index (χ3v) is 6.57. The predicted molar refractivity (Wildman–Crippen MR) is 120 cm³/mol. The van der Waals surface area contributed by atoms with Crippen molar-refractivity contribution < 1.29 is 22.5 Å². The van der Waals surface area contributed by atoms with Gasteiger partial charge in [0.1, 0.15) is 12.4 Å². The number of thioether (sulfide) groups is 1. The summed E-state index contributed by atoms with van der Waals surface area (Å²) in [6.07, 6.45) is 1.62. The zero-order valence-corrected chi connectivity index (χ0v) is 18.8. The van der Waals surface area contributed by atoms with E-state index in [2.05, 4.69) is 5.32 Å². The van der Waals surface area contributed by atoms with E-state index in [0.717, 1.165) is 33.7 Å². The molecule has 0 aromatic heterocycles. The maximum Gasteiger partial charge on any atom is 0.271 e. The second-order valence-corrected chi connectivity index (χ2v) is 9.89. The lowest BCUT2D eigenvalue weighted by Crippen LogP contribution is -2.41. The second-order valence-electron chi connectivity index (χ2n) is 6.88. The van der Waals surface area contributed by atoms with Gasteiger partial charge in [0, 0.05) is 24.4 Å². The Kier molecular flexibility index (Phi) is 8.81. The number of halogens is 1. The molecule has 0 aliphatic heterocycles.